The van der Waals surface area contributed by atoms with E-state index in [1.165, 1.54) is 0 Å². The first-order chi connectivity index (χ1) is 14.4. The summed E-state index contributed by atoms with van der Waals surface area (Å²) in [6, 6.07) is 3.61. The maximum atomic E-state index is 3.68. The smallest absolute Gasteiger partial charge is 0.0115 e. The van der Waals surface area contributed by atoms with Gasteiger partial charge >= 0.3 is 0 Å². The quantitative estimate of drug-likeness (QED) is 0.321. The van der Waals surface area contributed by atoms with Crippen molar-refractivity contribution in [2.45, 2.75) is 119 Å². The molecule has 0 saturated heterocycles. The van der Waals surface area contributed by atoms with Gasteiger partial charge in [-0.3, -0.25) is 19.6 Å². The van der Waals surface area contributed by atoms with Gasteiger partial charge in [0.25, 0.3) is 0 Å². The molecule has 1 N–H and O–H groups in total. The summed E-state index contributed by atoms with van der Waals surface area (Å²) in [5, 5.41) is 3.68. The lowest BCUT2D eigenvalue weighted by Gasteiger charge is -2.36. The van der Waals surface area contributed by atoms with Gasteiger partial charge in [0.15, 0.2) is 0 Å². The van der Waals surface area contributed by atoms with E-state index in [2.05, 4.69) is 108 Å². The third-order valence-corrected chi connectivity index (χ3v) is 6.56. The molecular formula is C26H59N5. The Morgan fingerprint density at radius 1 is 0.387 bits per heavy atom. The second-order valence-corrected chi connectivity index (χ2v) is 10.9. The normalized spacial score (nSPS) is 13.4. The van der Waals surface area contributed by atoms with Crippen molar-refractivity contribution >= 4 is 0 Å². The van der Waals surface area contributed by atoms with Crippen molar-refractivity contribution in [2.75, 3.05) is 52.4 Å². The first kappa shape index (κ1) is 30.8. The molecule has 0 atom stereocenters. The van der Waals surface area contributed by atoms with Crippen LogP contribution in [0.5, 0.6) is 0 Å². The predicted molar refractivity (Wildman–Crippen MR) is 140 cm³/mol. The van der Waals surface area contributed by atoms with E-state index >= 15 is 0 Å². The monoisotopic (exact) mass is 441 g/mol. The maximum absolute atomic E-state index is 3.68. The zero-order valence-electron chi connectivity index (χ0n) is 23.4. The Bertz CT molecular complexity index is 404. The van der Waals surface area contributed by atoms with Crippen LogP contribution in [0.15, 0.2) is 0 Å². The Hall–Kier alpha value is -0.200. The molecule has 0 aliphatic rings. The van der Waals surface area contributed by atoms with Gasteiger partial charge in [-0.1, -0.05) is 0 Å². The average Bonchev–Trinajstić information content (AvgIpc) is 2.63. The largest absolute Gasteiger partial charge is 0.314 e. The van der Waals surface area contributed by atoms with Gasteiger partial charge in [-0.05, 0) is 83.1 Å². The molecular weight excluding hydrogens is 382 g/mol. The molecule has 0 unspecified atom stereocenters. The minimum absolute atomic E-state index is 0.585. The van der Waals surface area contributed by atoms with Gasteiger partial charge < -0.3 is 5.32 Å². The second kappa shape index (κ2) is 16.4. The van der Waals surface area contributed by atoms with E-state index in [0.29, 0.717) is 36.3 Å². The van der Waals surface area contributed by atoms with Crippen molar-refractivity contribution in [1.82, 2.24) is 24.9 Å². The summed E-state index contributed by atoms with van der Waals surface area (Å²) in [5.41, 5.74) is 0. The molecule has 0 spiro atoms. The highest BCUT2D eigenvalue weighted by molar-refractivity contribution is 4.74. The van der Waals surface area contributed by atoms with E-state index in [9.17, 15) is 0 Å². The molecule has 0 aromatic heterocycles. The first-order valence-corrected chi connectivity index (χ1v) is 13.1. The van der Waals surface area contributed by atoms with Crippen LogP contribution < -0.4 is 5.32 Å². The highest BCUT2D eigenvalue weighted by atomic mass is 15.3. The van der Waals surface area contributed by atoms with Crippen molar-refractivity contribution in [2.24, 2.45) is 0 Å². The molecule has 0 radical (unpaired) electrons. The van der Waals surface area contributed by atoms with Crippen LogP contribution in [-0.2, 0) is 0 Å². The number of rotatable bonds is 18. The second-order valence-electron chi connectivity index (χ2n) is 10.9. The maximum Gasteiger partial charge on any atom is 0.0115 e. The van der Waals surface area contributed by atoms with Crippen LogP contribution in [0.2, 0.25) is 0 Å². The van der Waals surface area contributed by atoms with Crippen molar-refractivity contribution in [3.63, 3.8) is 0 Å². The Balaban J connectivity index is 4.50. The van der Waals surface area contributed by atoms with Crippen LogP contribution in [0.1, 0.15) is 83.1 Å². The van der Waals surface area contributed by atoms with Crippen molar-refractivity contribution < 1.29 is 0 Å². The molecule has 0 rings (SSSR count). The zero-order valence-corrected chi connectivity index (χ0v) is 23.4. The molecule has 0 heterocycles. The minimum atomic E-state index is 0.585. The summed E-state index contributed by atoms with van der Waals surface area (Å²) in [7, 11) is 0. The van der Waals surface area contributed by atoms with Crippen LogP contribution in [0, 0.1) is 0 Å². The lowest BCUT2D eigenvalue weighted by molar-refractivity contribution is 0.113. The molecule has 0 bridgehead atoms. The Kier molecular flexibility index (Phi) is 16.3. The Morgan fingerprint density at radius 2 is 0.710 bits per heavy atom. The first-order valence-electron chi connectivity index (χ1n) is 13.1. The van der Waals surface area contributed by atoms with Gasteiger partial charge in [-0.2, -0.15) is 0 Å². The topological polar surface area (TPSA) is 25.0 Å². The summed E-state index contributed by atoms with van der Waals surface area (Å²) in [6.45, 7) is 36.8. The molecule has 5 nitrogen and oxygen atoms in total. The van der Waals surface area contributed by atoms with Crippen LogP contribution in [0.25, 0.3) is 0 Å². The van der Waals surface area contributed by atoms with Gasteiger partial charge in [0.2, 0.25) is 0 Å². The highest BCUT2D eigenvalue weighted by Gasteiger charge is 2.18. The Morgan fingerprint density at radius 3 is 1.10 bits per heavy atom. The van der Waals surface area contributed by atoms with E-state index in [0.717, 1.165) is 52.4 Å². The fraction of sp³-hybridized carbons (Fsp3) is 1.00. The van der Waals surface area contributed by atoms with Crippen LogP contribution in [0.3, 0.4) is 0 Å². The number of hydrogen-bond donors (Lipinski definition) is 1. The van der Waals surface area contributed by atoms with Gasteiger partial charge in [-0.25, -0.2) is 0 Å². The van der Waals surface area contributed by atoms with Crippen LogP contribution in [0.4, 0.5) is 0 Å². The summed E-state index contributed by atoms with van der Waals surface area (Å²) < 4.78 is 0. The van der Waals surface area contributed by atoms with Crippen LogP contribution in [-0.4, -0.2) is 108 Å². The number of hydrogen-bond acceptors (Lipinski definition) is 5. The molecule has 0 aliphatic carbocycles. The highest BCUT2D eigenvalue weighted by Crippen LogP contribution is 2.08. The fourth-order valence-corrected chi connectivity index (χ4v) is 4.54. The SMILES string of the molecule is CC(C)N(CCNCCN(C(C)C)C(C)C)CCN(CCN(C(C)C)C(C)C)C(C)C. The van der Waals surface area contributed by atoms with Crippen LogP contribution >= 0.6 is 0 Å². The van der Waals surface area contributed by atoms with Gasteiger partial charge in [-0.15, -0.1) is 0 Å². The molecule has 0 aromatic carbocycles. The van der Waals surface area contributed by atoms with Gasteiger partial charge in [0, 0.05) is 88.6 Å². The number of nitrogens with one attached hydrogen (secondary N) is 1. The van der Waals surface area contributed by atoms with E-state index < -0.39 is 0 Å². The van der Waals surface area contributed by atoms with Crippen molar-refractivity contribution in [1.29, 1.82) is 0 Å². The molecule has 0 fully saturated rings. The molecule has 0 amide bonds. The third-order valence-electron chi connectivity index (χ3n) is 6.56. The van der Waals surface area contributed by atoms with E-state index in [4.69, 9.17) is 0 Å². The van der Waals surface area contributed by atoms with E-state index in [-0.39, 0.29) is 0 Å². The lowest BCUT2D eigenvalue weighted by atomic mass is 10.2. The average molecular weight is 442 g/mol. The van der Waals surface area contributed by atoms with E-state index in [1.807, 2.05) is 0 Å². The van der Waals surface area contributed by atoms with Crippen molar-refractivity contribution in [3.05, 3.63) is 0 Å². The molecule has 0 saturated carbocycles. The summed E-state index contributed by atoms with van der Waals surface area (Å²) in [6.07, 6.45) is 0. The van der Waals surface area contributed by atoms with Gasteiger partial charge in [0.05, 0.1) is 0 Å². The predicted octanol–water partition coefficient (Wildman–Crippen LogP) is 4.23. The Labute approximate surface area is 196 Å². The molecule has 5 heteroatoms. The lowest BCUT2D eigenvalue weighted by Crippen LogP contribution is -2.48. The molecule has 0 aliphatic heterocycles. The van der Waals surface area contributed by atoms with Gasteiger partial charge in [0.1, 0.15) is 0 Å². The van der Waals surface area contributed by atoms with Crippen molar-refractivity contribution in [3.8, 4) is 0 Å². The summed E-state index contributed by atoms with van der Waals surface area (Å²) >= 11 is 0. The number of nitrogens with zero attached hydrogens (tertiary/aromatic N) is 4. The minimum Gasteiger partial charge on any atom is -0.314 e. The third kappa shape index (κ3) is 13.2. The summed E-state index contributed by atoms with van der Waals surface area (Å²) in [5.74, 6) is 0. The standard InChI is InChI=1S/C26H59N5/c1-21(2)28(15-13-27-14-16-30(23(5)6)24(7)8)17-18-29(22(3)4)19-20-31(25(9)10)26(11)12/h21-27H,13-20H2,1-12H3. The van der Waals surface area contributed by atoms with E-state index in [1.54, 1.807) is 0 Å². The molecule has 31 heavy (non-hydrogen) atoms. The summed E-state index contributed by atoms with van der Waals surface area (Å²) in [4.78, 5) is 10.5. The molecule has 0 aromatic rings. The molecule has 188 valence electrons. The fourth-order valence-electron chi connectivity index (χ4n) is 4.54. The zero-order chi connectivity index (χ0) is 24.1.